The van der Waals surface area contributed by atoms with Gasteiger partial charge in [-0.1, -0.05) is 12.1 Å². The number of nitriles is 1. The quantitative estimate of drug-likeness (QED) is 0.466. The topological polar surface area (TPSA) is 103 Å². The van der Waals surface area contributed by atoms with Gasteiger partial charge < -0.3 is 24.8 Å². The summed E-state index contributed by atoms with van der Waals surface area (Å²) in [6.45, 7) is 3.63. The van der Waals surface area contributed by atoms with Crippen LogP contribution in [0.2, 0.25) is 0 Å². The van der Waals surface area contributed by atoms with Gasteiger partial charge in [0.2, 0.25) is 0 Å². The van der Waals surface area contributed by atoms with E-state index in [0.717, 1.165) is 6.07 Å². The minimum Gasteiger partial charge on any atom is -0.492 e. The molecule has 7 nitrogen and oxygen atoms in total. The van der Waals surface area contributed by atoms with Crippen molar-refractivity contribution in [2.45, 2.75) is 75.0 Å². The number of fused-ring (bicyclic) bond motifs is 1. The average Bonchev–Trinajstić information content (AvgIpc) is 3.23. The van der Waals surface area contributed by atoms with Gasteiger partial charge in [-0.3, -0.25) is 0 Å². The Morgan fingerprint density at radius 3 is 2.62 bits per heavy atom. The van der Waals surface area contributed by atoms with Crippen molar-refractivity contribution in [3.05, 3.63) is 59.4 Å². The molecule has 2 fully saturated rings. The van der Waals surface area contributed by atoms with Crippen LogP contribution >= 0.6 is 0 Å². The molecule has 1 saturated carbocycles. The molecule has 1 aromatic heterocycles. The summed E-state index contributed by atoms with van der Waals surface area (Å²) in [6.07, 6.45) is -1.81. The minimum absolute atomic E-state index is 0.0171. The Balaban J connectivity index is 1.38. The number of benzene rings is 2. The van der Waals surface area contributed by atoms with E-state index in [0.29, 0.717) is 30.4 Å². The Morgan fingerprint density at radius 2 is 1.95 bits per heavy atom. The van der Waals surface area contributed by atoms with Crippen LogP contribution in [0.25, 0.3) is 11.0 Å². The number of nitrogens with one attached hydrogen (secondary N) is 1. The van der Waals surface area contributed by atoms with Crippen molar-refractivity contribution in [2.75, 3.05) is 6.61 Å². The van der Waals surface area contributed by atoms with E-state index in [-0.39, 0.29) is 47.9 Å². The number of imidazole rings is 1. The summed E-state index contributed by atoms with van der Waals surface area (Å²) in [6, 6.07) is 10.7. The van der Waals surface area contributed by atoms with Crippen LogP contribution in [0.5, 0.6) is 5.75 Å². The number of alkyl halides is 3. The number of aliphatic hydroxyl groups is 2. The van der Waals surface area contributed by atoms with Gasteiger partial charge in [0.05, 0.1) is 45.8 Å². The molecular weight excluding hydrogens is 485 g/mol. The summed E-state index contributed by atoms with van der Waals surface area (Å²) < 4.78 is 49.6. The fourth-order valence-electron chi connectivity index (χ4n) is 5.81. The number of hydrogen-bond donors (Lipinski definition) is 3. The van der Waals surface area contributed by atoms with Crippen LogP contribution in [0, 0.1) is 11.3 Å². The first-order chi connectivity index (χ1) is 17.4. The molecule has 37 heavy (non-hydrogen) atoms. The molecule has 0 unspecified atom stereocenters. The largest absolute Gasteiger partial charge is 0.492 e. The zero-order valence-electron chi connectivity index (χ0n) is 20.6. The van der Waals surface area contributed by atoms with Gasteiger partial charge in [-0.2, -0.15) is 18.4 Å². The summed E-state index contributed by atoms with van der Waals surface area (Å²) in [4.78, 5) is 4.21. The fourth-order valence-corrected chi connectivity index (χ4v) is 5.81. The van der Waals surface area contributed by atoms with E-state index < -0.39 is 22.9 Å². The van der Waals surface area contributed by atoms with Gasteiger partial charge >= 0.3 is 6.18 Å². The molecule has 0 bridgehead atoms. The maximum atomic E-state index is 14.1. The van der Waals surface area contributed by atoms with Gasteiger partial charge in [0.15, 0.2) is 0 Å². The lowest BCUT2D eigenvalue weighted by Gasteiger charge is -2.42. The molecule has 3 aromatic rings. The van der Waals surface area contributed by atoms with Gasteiger partial charge in [-0.25, -0.2) is 4.98 Å². The van der Waals surface area contributed by atoms with E-state index in [9.17, 15) is 28.6 Å². The highest BCUT2D eigenvalue weighted by molar-refractivity contribution is 5.82. The van der Waals surface area contributed by atoms with E-state index in [1.807, 2.05) is 6.92 Å². The van der Waals surface area contributed by atoms with Gasteiger partial charge in [-0.15, -0.1) is 0 Å². The lowest BCUT2D eigenvalue weighted by atomic mass is 9.77. The third-order valence-corrected chi connectivity index (χ3v) is 7.42. The van der Waals surface area contributed by atoms with Crippen molar-refractivity contribution >= 4 is 11.0 Å². The monoisotopic (exact) mass is 514 g/mol. The molecule has 0 amide bonds. The molecule has 0 radical (unpaired) electrons. The molecule has 3 N–H and O–H groups in total. The molecule has 1 saturated heterocycles. The number of aromatic nitrogens is 2. The summed E-state index contributed by atoms with van der Waals surface area (Å²) >= 11 is 0. The Kier molecular flexibility index (Phi) is 6.21. The first-order valence-corrected chi connectivity index (χ1v) is 12.3. The Labute approximate surface area is 212 Å². The molecular formula is C27H29F3N4O3. The maximum Gasteiger partial charge on any atom is 0.418 e. The zero-order valence-corrected chi connectivity index (χ0v) is 20.6. The van der Waals surface area contributed by atoms with Crippen molar-refractivity contribution in [3.63, 3.8) is 0 Å². The van der Waals surface area contributed by atoms with E-state index in [2.05, 4.69) is 16.4 Å². The Bertz CT molecular complexity index is 1360. The smallest absolute Gasteiger partial charge is 0.418 e. The van der Waals surface area contributed by atoms with Gasteiger partial charge in [0.25, 0.3) is 0 Å². The van der Waals surface area contributed by atoms with Crippen LogP contribution in [-0.2, 0) is 11.8 Å². The normalized spacial score (nSPS) is 30.1. The first-order valence-electron chi connectivity index (χ1n) is 12.3. The van der Waals surface area contributed by atoms with Crippen LogP contribution in [0.1, 0.15) is 62.3 Å². The molecule has 10 heteroatoms. The second-order valence-electron chi connectivity index (χ2n) is 10.8. The van der Waals surface area contributed by atoms with Crippen molar-refractivity contribution in [1.29, 1.82) is 5.26 Å². The van der Waals surface area contributed by atoms with Gasteiger partial charge in [0, 0.05) is 24.2 Å². The highest BCUT2D eigenvalue weighted by Gasteiger charge is 2.43. The average molecular weight is 515 g/mol. The van der Waals surface area contributed by atoms with Crippen molar-refractivity contribution in [1.82, 2.24) is 14.9 Å². The number of rotatable bonds is 5. The molecule has 2 heterocycles. The molecule has 0 spiro atoms. The first kappa shape index (κ1) is 25.5. The number of ether oxygens (including phenoxy) is 1. The van der Waals surface area contributed by atoms with E-state index in [1.54, 1.807) is 31.2 Å². The number of halogens is 3. The van der Waals surface area contributed by atoms with Crippen LogP contribution < -0.4 is 10.1 Å². The van der Waals surface area contributed by atoms with Crippen LogP contribution in [-0.4, -0.2) is 44.1 Å². The minimum atomic E-state index is -4.62. The number of hydrogen-bond acceptors (Lipinski definition) is 6. The predicted octanol–water partition coefficient (Wildman–Crippen LogP) is 4.42. The standard InChI is InChI=1S/C27H29F3N4O3/c1-16-9-26(36,18-5-3-4-17(6-18)13-31)10-19(33-16)14-37-21-7-22(27(28,29)30)24-23(8-21)32-15-34(24)20-11-25(2,35)12-20/h3-8,15-16,19-20,33,35-36H,9-12,14H2,1-2H3/t16-,19-,20?,25?,26-/m0/s1. The van der Waals surface area contributed by atoms with Crippen molar-refractivity contribution < 1.29 is 28.1 Å². The molecule has 196 valence electrons. The molecule has 1 aliphatic heterocycles. The fraction of sp³-hybridized carbons (Fsp3) is 0.481. The van der Waals surface area contributed by atoms with Crippen molar-refractivity contribution in [3.8, 4) is 11.8 Å². The highest BCUT2D eigenvalue weighted by atomic mass is 19.4. The Hall–Kier alpha value is -3.13. The molecule has 1 aliphatic carbocycles. The van der Waals surface area contributed by atoms with E-state index in [4.69, 9.17) is 4.74 Å². The molecule has 2 aromatic carbocycles. The summed E-state index contributed by atoms with van der Waals surface area (Å²) in [5.41, 5.74) is -1.68. The Morgan fingerprint density at radius 1 is 1.19 bits per heavy atom. The van der Waals surface area contributed by atoms with Crippen LogP contribution in [0.15, 0.2) is 42.7 Å². The van der Waals surface area contributed by atoms with E-state index in [1.165, 1.54) is 17.0 Å². The SMILES string of the molecule is C[C@H]1C[C@@](O)(c2cccc(C#N)c2)C[C@@H](COc2cc(C(F)(F)F)c3c(c2)ncn3C2CC(C)(O)C2)N1. The molecule has 2 aliphatic rings. The van der Waals surface area contributed by atoms with Crippen LogP contribution in [0.3, 0.4) is 0 Å². The van der Waals surface area contributed by atoms with Crippen molar-refractivity contribution in [2.24, 2.45) is 0 Å². The number of piperidine rings is 1. The van der Waals surface area contributed by atoms with Gasteiger partial charge in [-0.05, 0) is 63.3 Å². The predicted molar refractivity (Wildman–Crippen MR) is 130 cm³/mol. The van der Waals surface area contributed by atoms with Gasteiger partial charge in [0.1, 0.15) is 12.4 Å². The van der Waals surface area contributed by atoms with Crippen LogP contribution in [0.4, 0.5) is 13.2 Å². The third kappa shape index (κ3) is 5.04. The molecule has 3 atom stereocenters. The lowest BCUT2D eigenvalue weighted by molar-refractivity contribution is -0.136. The lowest BCUT2D eigenvalue weighted by Crippen LogP contribution is -2.53. The third-order valence-electron chi connectivity index (χ3n) is 7.42. The highest BCUT2D eigenvalue weighted by Crippen LogP contribution is 2.45. The van der Waals surface area contributed by atoms with E-state index >= 15 is 0 Å². The molecule has 5 rings (SSSR count). The second kappa shape index (κ2) is 9.01. The summed E-state index contributed by atoms with van der Waals surface area (Å²) in [7, 11) is 0. The number of nitrogens with zero attached hydrogens (tertiary/aromatic N) is 3. The second-order valence-corrected chi connectivity index (χ2v) is 10.8. The summed E-state index contributed by atoms with van der Waals surface area (Å²) in [5.74, 6) is 0.0423. The summed E-state index contributed by atoms with van der Waals surface area (Å²) in [5, 5.41) is 34.1. The maximum absolute atomic E-state index is 14.1. The zero-order chi connectivity index (χ0) is 26.6.